The van der Waals surface area contributed by atoms with E-state index in [1.807, 2.05) is 0 Å². The molecule has 158 valence electrons. The lowest BCUT2D eigenvalue weighted by molar-refractivity contribution is 1.04. The second kappa shape index (κ2) is 9.58. The van der Waals surface area contributed by atoms with Crippen LogP contribution in [0.25, 0.3) is 11.1 Å². The topological polar surface area (TPSA) is 3.24 Å². The first-order valence-electron chi connectivity index (χ1n) is 11.3. The summed E-state index contributed by atoms with van der Waals surface area (Å²) in [6.07, 6.45) is 18.2. The van der Waals surface area contributed by atoms with E-state index in [4.69, 9.17) is 0 Å². The molecule has 0 bridgehead atoms. The third kappa shape index (κ3) is 4.56. The Hall–Kier alpha value is -3.10. The van der Waals surface area contributed by atoms with Gasteiger partial charge in [-0.25, -0.2) is 0 Å². The van der Waals surface area contributed by atoms with Crippen molar-refractivity contribution >= 4 is 44.1 Å². The zero-order valence-corrected chi connectivity index (χ0v) is 19.6. The van der Waals surface area contributed by atoms with Crippen molar-refractivity contribution in [2.45, 2.75) is 25.7 Å². The molecule has 0 saturated carbocycles. The van der Waals surface area contributed by atoms with Crippen LogP contribution < -0.4 is 4.90 Å². The lowest BCUT2D eigenvalue weighted by Crippen LogP contribution is -2.10. The first-order chi connectivity index (χ1) is 15.8. The molecule has 3 aromatic carbocycles. The van der Waals surface area contributed by atoms with Gasteiger partial charge in [-0.1, -0.05) is 76.7 Å². The summed E-state index contributed by atoms with van der Waals surface area (Å²) in [7, 11) is 0. The van der Waals surface area contributed by atoms with Crippen LogP contribution in [0, 0.1) is 0 Å². The van der Waals surface area contributed by atoms with Gasteiger partial charge in [-0.3, -0.25) is 0 Å². The summed E-state index contributed by atoms with van der Waals surface area (Å²) in [6, 6.07) is 26.3. The lowest BCUT2D eigenvalue weighted by atomic mass is 9.98. The number of benzene rings is 3. The van der Waals surface area contributed by atoms with Gasteiger partial charge in [0.1, 0.15) is 0 Å². The molecule has 2 heteroatoms. The Morgan fingerprint density at radius 2 is 0.906 bits per heavy atom. The van der Waals surface area contributed by atoms with Crippen molar-refractivity contribution in [2.24, 2.45) is 0 Å². The van der Waals surface area contributed by atoms with Crippen LogP contribution in [0.2, 0.25) is 0 Å². The quantitative estimate of drug-likeness (QED) is 0.352. The Bertz CT molecular complexity index is 1120. The van der Waals surface area contributed by atoms with Gasteiger partial charge in [0, 0.05) is 21.5 Å². The second-order valence-electron chi connectivity index (χ2n) is 8.18. The largest absolute Gasteiger partial charge is 0.311 e. The number of hydrogen-bond donors (Lipinski definition) is 0. The van der Waals surface area contributed by atoms with Crippen molar-refractivity contribution < 1.29 is 0 Å². The second-order valence-corrected chi connectivity index (χ2v) is 9.10. The normalized spacial score (nSPS) is 15.3. The highest BCUT2D eigenvalue weighted by molar-refractivity contribution is 9.10. The van der Waals surface area contributed by atoms with E-state index in [0.717, 1.165) is 47.2 Å². The van der Waals surface area contributed by atoms with Gasteiger partial charge in [-0.05, 0) is 96.5 Å². The maximum atomic E-state index is 3.57. The number of allylic oxidation sites excluding steroid dienone is 8. The first kappa shape index (κ1) is 20.8. The molecule has 0 saturated heterocycles. The molecule has 0 fully saturated rings. The third-order valence-electron chi connectivity index (χ3n) is 5.99. The average Bonchev–Trinajstić information content (AvgIpc) is 2.87. The van der Waals surface area contributed by atoms with Crippen LogP contribution in [0.5, 0.6) is 0 Å². The predicted octanol–water partition coefficient (Wildman–Crippen LogP) is 9.39. The molecule has 1 nitrogen and oxygen atoms in total. The van der Waals surface area contributed by atoms with Crippen LogP contribution in [0.15, 0.2) is 114 Å². The maximum absolute atomic E-state index is 3.57. The zero-order valence-electron chi connectivity index (χ0n) is 18.0. The highest BCUT2D eigenvalue weighted by Gasteiger charge is 2.13. The minimum Gasteiger partial charge on any atom is -0.311 e. The van der Waals surface area contributed by atoms with Crippen LogP contribution in [-0.4, -0.2) is 0 Å². The van der Waals surface area contributed by atoms with Gasteiger partial charge in [0.15, 0.2) is 0 Å². The Labute approximate surface area is 199 Å². The molecule has 0 unspecified atom stereocenters. The van der Waals surface area contributed by atoms with Gasteiger partial charge < -0.3 is 4.90 Å². The predicted molar refractivity (Wildman–Crippen MR) is 142 cm³/mol. The minimum absolute atomic E-state index is 1.08. The molecular weight excluding hydrogens is 454 g/mol. The first-order valence-corrected chi connectivity index (χ1v) is 12.1. The summed E-state index contributed by atoms with van der Waals surface area (Å²) < 4.78 is 1.08. The molecule has 5 rings (SSSR count). The fourth-order valence-corrected chi connectivity index (χ4v) is 4.56. The fraction of sp³-hybridized carbons (Fsp3) is 0.133. The number of rotatable bonds is 5. The molecule has 32 heavy (non-hydrogen) atoms. The third-order valence-corrected chi connectivity index (χ3v) is 6.52. The van der Waals surface area contributed by atoms with Gasteiger partial charge in [0.25, 0.3) is 0 Å². The molecule has 0 atom stereocenters. The average molecular weight is 480 g/mol. The summed E-state index contributed by atoms with van der Waals surface area (Å²) in [6.45, 7) is 0. The highest BCUT2D eigenvalue weighted by atomic mass is 79.9. The van der Waals surface area contributed by atoms with Gasteiger partial charge in [-0.15, -0.1) is 0 Å². The molecule has 0 radical (unpaired) electrons. The van der Waals surface area contributed by atoms with Crippen molar-refractivity contribution in [3.63, 3.8) is 0 Å². The van der Waals surface area contributed by atoms with Crippen molar-refractivity contribution in [1.29, 1.82) is 0 Å². The molecule has 0 heterocycles. The monoisotopic (exact) mass is 479 g/mol. The van der Waals surface area contributed by atoms with E-state index < -0.39 is 0 Å². The van der Waals surface area contributed by atoms with E-state index in [9.17, 15) is 0 Å². The van der Waals surface area contributed by atoms with E-state index >= 15 is 0 Å². The maximum Gasteiger partial charge on any atom is 0.0462 e. The van der Waals surface area contributed by atoms with Crippen molar-refractivity contribution in [2.75, 3.05) is 4.90 Å². The van der Waals surface area contributed by atoms with Crippen LogP contribution in [0.1, 0.15) is 36.8 Å². The molecule has 2 aliphatic carbocycles. The van der Waals surface area contributed by atoms with Gasteiger partial charge in [0.05, 0.1) is 0 Å². The number of hydrogen-bond acceptors (Lipinski definition) is 1. The molecule has 0 aliphatic heterocycles. The van der Waals surface area contributed by atoms with Crippen LogP contribution >= 0.6 is 15.9 Å². The number of halogens is 1. The van der Waals surface area contributed by atoms with E-state index in [1.165, 1.54) is 22.3 Å². The summed E-state index contributed by atoms with van der Waals surface area (Å²) in [5.41, 5.74) is 8.62. The minimum atomic E-state index is 1.08. The van der Waals surface area contributed by atoms with Crippen LogP contribution in [-0.2, 0) is 0 Å². The molecule has 0 amide bonds. The Morgan fingerprint density at radius 1 is 0.500 bits per heavy atom. The smallest absolute Gasteiger partial charge is 0.0462 e. The van der Waals surface area contributed by atoms with Crippen LogP contribution in [0.3, 0.4) is 0 Å². The van der Waals surface area contributed by atoms with Gasteiger partial charge in [-0.2, -0.15) is 0 Å². The molecule has 3 aromatic rings. The van der Waals surface area contributed by atoms with Crippen molar-refractivity contribution in [3.05, 3.63) is 125 Å². The summed E-state index contributed by atoms with van der Waals surface area (Å²) in [5, 5.41) is 0. The number of anilines is 3. The molecular formula is C30H26BrN. The van der Waals surface area contributed by atoms with Crippen molar-refractivity contribution in [3.8, 4) is 0 Å². The molecule has 0 N–H and O–H groups in total. The van der Waals surface area contributed by atoms with Crippen molar-refractivity contribution in [1.82, 2.24) is 0 Å². The summed E-state index contributed by atoms with van der Waals surface area (Å²) in [5.74, 6) is 0. The molecule has 2 aliphatic rings. The SMILES string of the molecule is Brc1ccc(N(c2ccc(C3=CCCC=C3)cc2)c2ccc(C3=CCCC=C3)cc2)cc1. The molecule has 0 aromatic heterocycles. The van der Waals surface area contributed by atoms with E-state index in [0.29, 0.717) is 0 Å². The Balaban J connectivity index is 1.50. The Morgan fingerprint density at radius 3 is 1.28 bits per heavy atom. The highest BCUT2D eigenvalue weighted by Crippen LogP contribution is 2.37. The standard InChI is InChI=1S/C30H26BrN/c31-27-15-21-30(22-16-27)32(28-17-11-25(12-18-28)23-7-3-1-4-8-23)29-19-13-26(14-20-29)24-9-5-2-6-10-24/h3,5,7-22H,1-2,4,6H2. The van der Waals surface area contributed by atoms with Gasteiger partial charge in [0.2, 0.25) is 0 Å². The summed E-state index contributed by atoms with van der Waals surface area (Å²) in [4.78, 5) is 2.32. The number of nitrogens with zero attached hydrogens (tertiary/aromatic N) is 1. The Kier molecular flexibility index (Phi) is 6.22. The van der Waals surface area contributed by atoms with E-state index in [1.54, 1.807) is 0 Å². The van der Waals surface area contributed by atoms with Gasteiger partial charge >= 0.3 is 0 Å². The summed E-state index contributed by atoms with van der Waals surface area (Å²) >= 11 is 3.57. The van der Waals surface area contributed by atoms with E-state index in [-0.39, 0.29) is 0 Å². The fourth-order valence-electron chi connectivity index (χ4n) is 4.30. The molecule has 0 spiro atoms. The lowest BCUT2D eigenvalue weighted by Gasteiger charge is -2.26. The zero-order chi connectivity index (χ0) is 21.8. The van der Waals surface area contributed by atoms with Crippen LogP contribution in [0.4, 0.5) is 17.1 Å². The van der Waals surface area contributed by atoms with E-state index in [2.05, 4.69) is 130 Å².